The molecule has 0 spiro atoms. The molecule has 1 amide bonds. The second-order valence-corrected chi connectivity index (χ2v) is 7.19. The maximum absolute atomic E-state index is 13.0. The Labute approximate surface area is 167 Å². The Kier molecular flexibility index (Phi) is 4.81. The van der Waals surface area contributed by atoms with Crippen LogP contribution in [0.25, 0.3) is 11.4 Å². The van der Waals surface area contributed by atoms with Gasteiger partial charge in [0.05, 0.1) is 6.04 Å². The zero-order chi connectivity index (χ0) is 20.8. The van der Waals surface area contributed by atoms with Gasteiger partial charge < -0.3 is 9.84 Å². The van der Waals surface area contributed by atoms with Crippen LogP contribution in [-0.4, -0.2) is 25.8 Å². The first-order valence-corrected chi connectivity index (χ1v) is 9.17. The van der Waals surface area contributed by atoms with E-state index in [1.807, 2.05) is 0 Å². The van der Waals surface area contributed by atoms with Gasteiger partial charge in [0.1, 0.15) is 11.7 Å². The summed E-state index contributed by atoms with van der Waals surface area (Å²) >= 11 is 5.95. The van der Waals surface area contributed by atoms with Gasteiger partial charge in [-0.3, -0.25) is 9.48 Å². The van der Waals surface area contributed by atoms with E-state index in [0.29, 0.717) is 23.4 Å². The molecule has 2 aromatic heterocycles. The van der Waals surface area contributed by atoms with Gasteiger partial charge in [-0.2, -0.15) is 23.3 Å². The summed E-state index contributed by atoms with van der Waals surface area (Å²) in [7, 11) is 0. The number of alkyl halides is 3. The highest BCUT2D eigenvalue weighted by molar-refractivity contribution is 6.30. The van der Waals surface area contributed by atoms with Crippen LogP contribution in [0.3, 0.4) is 0 Å². The smallest absolute Gasteiger partial charge is 0.339 e. The second kappa shape index (κ2) is 7.18. The molecule has 4 rings (SSSR count). The minimum absolute atomic E-state index is 0.113. The van der Waals surface area contributed by atoms with Crippen LogP contribution in [0.2, 0.25) is 5.02 Å². The molecular formula is C18H15ClF3N5O2. The van der Waals surface area contributed by atoms with E-state index in [9.17, 15) is 18.0 Å². The van der Waals surface area contributed by atoms with Crippen LogP contribution < -0.4 is 5.32 Å². The molecule has 1 saturated carbocycles. The Morgan fingerprint density at radius 2 is 2.10 bits per heavy atom. The Hall–Kier alpha value is -2.88. The third kappa shape index (κ3) is 4.12. The molecule has 1 fully saturated rings. The van der Waals surface area contributed by atoms with Crippen LogP contribution in [0.5, 0.6) is 0 Å². The lowest BCUT2D eigenvalue weighted by Gasteiger charge is -2.10. The predicted molar refractivity (Wildman–Crippen MR) is 96.1 cm³/mol. The van der Waals surface area contributed by atoms with Crippen molar-refractivity contribution >= 4 is 17.5 Å². The van der Waals surface area contributed by atoms with Crippen molar-refractivity contribution in [1.82, 2.24) is 25.2 Å². The molecule has 1 aliphatic rings. The Bertz CT molecular complexity index is 1060. The minimum atomic E-state index is -4.63. The summed E-state index contributed by atoms with van der Waals surface area (Å²) in [6, 6.07) is 6.68. The summed E-state index contributed by atoms with van der Waals surface area (Å²) in [5.74, 6) is -0.303. The molecule has 1 N–H and O–H groups in total. The first-order chi connectivity index (χ1) is 13.7. The van der Waals surface area contributed by atoms with E-state index >= 15 is 0 Å². The zero-order valence-electron chi connectivity index (χ0n) is 15.1. The first kappa shape index (κ1) is 19.4. The Morgan fingerprint density at radius 3 is 2.76 bits per heavy atom. The molecule has 0 radical (unpaired) electrons. The van der Waals surface area contributed by atoms with Crippen molar-refractivity contribution < 1.29 is 22.5 Å². The molecule has 11 heteroatoms. The third-order valence-electron chi connectivity index (χ3n) is 4.39. The first-order valence-electron chi connectivity index (χ1n) is 8.79. The van der Waals surface area contributed by atoms with Crippen LogP contribution in [0.4, 0.5) is 13.2 Å². The highest BCUT2D eigenvalue weighted by Gasteiger charge is 2.39. The van der Waals surface area contributed by atoms with E-state index in [4.69, 9.17) is 16.1 Å². The molecular weight excluding hydrogens is 411 g/mol. The van der Waals surface area contributed by atoms with Gasteiger partial charge in [0.2, 0.25) is 11.7 Å². The number of rotatable bonds is 5. The Balaban J connectivity index is 1.53. The molecule has 1 aromatic carbocycles. The van der Waals surface area contributed by atoms with E-state index in [1.54, 1.807) is 31.2 Å². The molecule has 0 aliphatic heterocycles. The number of nitrogens with one attached hydrogen (secondary N) is 1. The fraction of sp³-hybridized carbons (Fsp3) is 0.333. The van der Waals surface area contributed by atoms with Crippen molar-refractivity contribution in [2.24, 2.45) is 0 Å². The van der Waals surface area contributed by atoms with Gasteiger partial charge in [-0.1, -0.05) is 28.9 Å². The van der Waals surface area contributed by atoms with Gasteiger partial charge in [0.15, 0.2) is 5.69 Å². The number of hydrogen-bond donors (Lipinski definition) is 1. The van der Waals surface area contributed by atoms with E-state index < -0.39 is 23.8 Å². The largest absolute Gasteiger partial charge is 0.435 e. The second-order valence-electron chi connectivity index (χ2n) is 6.75. The summed E-state index contributed by atoms with van der Waals surface area (Å²) in [4.78, 5) is 16.8. The molecule has 7 nitrogen and oxygen atoms in total. The number of hydrogen-bond acceptors (Lipinski definition) is 5. The molecule has 1 atom stereocenters. The zero-order valence-corrected chi connectivity index (χ0v) is 15.8. The van der Waals surface area contributed by atoms with Crippen LogP contribution in [0.1, 0.15) is 53.9 Å². The molecule has 3 aromatic rings. The summed E-state index contributed by atoms with van der Waals surface area (Å²) in [5.41, 5.74) is -0.614. The maximum atomic E-state index is 13.0. The van der Waals surface area contributed by atoms with Crippen molar-refractivity contribution in [2.45, 2.75) is 38.0 Å². The summed E-state index contributed by atoms with van der Waals surface area (Å²) < 4.78 is 45.3. The lowest BCUT2D eigenvalue weighted by Crippen LogP contribution is -2.29. The van der Waals surface area contributed by atoms with E-state index in [2.05, 4.69) is 20.6 Å². The SMILES string of the molecule is C[C@@H](NC(=O)c1cc(C(F)(F)F)nn1C1CC1)c1nc(-c2cccc(Cl)c2)no1. The van der Waals surface area contributed by atoms with Crippen LogP contribution >= 0.6 is 11.6 Å². The number of aromatic nitrogens is 4. The van der Waals surface area contributed by atoms with E-state index in [1.165, 1.54) is 0 Å². The average molecular weight is 426 g/mol. The summed E-state index contributed by atoms with van der Waals surface area (Å²) in [6.07, 6.45) is -3.26. The fourth-order valence-corrected chi connectivity index (χ4v) is 2.98. The lowest BCUT2D eigenvalue weighted by molar-refractivity contribution is -0.141. The molecule has 29 heavy (non-hydrogen) atoms. The average Bonchev–Trinajstić information content (AvgIpc) is 3.20. The van der Waals surface area contributed by atoms with Crippen molar-refractivity contribution in [3.63, 3.8) is 0 Å². The highest BCUT2D eigenvalue weighted by Crippen LogP contribution is 2.38. The number of halogens is 4. The van der Waals surface area contributed by atoms with Crippen molar-refractivity contribution in [3.05, 3.63) is 52.6 Å². The van der Waals surface area contributed by atoms with Gasteiger partial charge in [0, 0.05) is 16.7 Å². The number of amides is 1. The lowest BCUT2D eigenvalue weighted by atomic mass is 10.2. The topological polar surface area (TPSA) is 85.8 Å². The fourth-order valence-electron chi connectivity index (χ4n) is 2.79. The summed E-state index contributed by atoms with van der Waals surface area (Å²) in [6.45, 7) is 1.59. The number of carbonyl (C=O) groups excluding carboxylic acids is 1. The van der Waals surface area contributed by atoms with Gasteiger partial charge in [-0.05, 0) is 31.9 Å². The normalized spacial score (nSPS) is 15.3. The van der Waals surface area contributed by atoms with Crippen molar-refractivity contribution in [2.75, 3.05) is 0 Å². The van der Waals surface area contributed by atoms with Gasteiger partial charge in [-0.15, -0.1) is 0 Å². The predicted octanol–water partition coefficient (Wildman–Crippen LogP) is 4.43. The van der Waals surface area contributed by atoms with Crippen LogP contribution in [0, 0.1) is 0 Å². The van der Waals surface area contributed by atoms with Gasteiger partial charge in [-0.25, -0.2) is 0 Å². The van der Waals surface area contributed by atoms with E-state index in [0.717, 1.165) is 10.7 Å². The summed E-state index contributed by atoms with van der Waals surface area (Å²) in [5, 5.41) is 10.5. The van der Waals surface area contributed by atoms with Gasteiger partial charge in [0.25, 0.3) is 5.91 Å². The quantitative estimate of drug-likeness (QED) is 0.653. The monoisotopic (exact) mass is 425 g/mol. The van der Waals surface area contributed by atoms with Crippen LogP contribution in [-0.2, 0) is 6.18 Å². The van der Waals surface area contributed by atoms with Gasteiger partial charge >= 0.3 is 6.18 Å². The number of benzene rings is 1. The van der Waals surface area contributed by atoms with Crippen LogP contribution in [0.15, 0.2) is 34.9 Å². The molecule has 2 heterocycles. The third-order valence-corrected chi connectivity index (χ3v) is 4.63. The molecule has 152 valence electrons. The molecule has 0 unspecified atom stereocenters. The molecule has 0 bridgehead atoms. The highest BCUT2D eigenvalue weighted by atomic mass is 35.5. The van der Waals surface area contributed by atoms with Crippen molar-refractivity contribution in [1.29, 1.82) is 0 Å². The number of nitrogens with zero attached hydrogens (tertiary/aromatic N) is 4. The maximum Gasteiger partial charge on any atom is 0.435 e. The molecule has 1 aliphatic carbocycles. The molecule has 0 saturated heterocycles. The minimum Gasteiger partial charge on any atom is -0.339 e. The van der Waals surface area contributed by atoms with E-state index in [-0.39, 0.29) is 23.5 Å². The van der Waals surface area contributed by atoms with Crippen molar-refractivity contribution in [3.8, 4) is 11.4 Å². The Morgan fingerprint density at radius 1 is 1.34 bits per heavy atom. The number of carbonyl (C=O) groups is 1. The standard InChI is InChI=1S/C18H15ClF3N5O2/c1-9(17-24-15(26-29-17)10-3-2-4-11(19)7-10)23-16(28)13-8-14(18(20,21)22)25-27(13)12-5-6-12/h2-4,7-9,12H,5-6H2,1H3,(H,23,28)/t9-/m1/s1.